The predicted molar refractivity (Wildman–Crippen MR) is 133 cm³/mol. The summed E-state index contributed by atoms with van der Waals surface area (Å²) in [6.45, 7) is 14.5. The molecule has 0 aromatic carbocycles. The molecule has 0 saturated carbocycles. The summed E-state index contributed by atoms with van der Waals surface area (Å²) in [6, 6.07) is 0. The maximum absolute atomic E-state index is 3.65. The van der Waals surface area contributed by atoms with Gasteiger partial charge in [-0.1, -0.05) is 0 Å². The summed E-state index contributed by atoms with van der Waals surface area (Å²) >= 11 is 3.65. The molecule has 0 unspecified atom stereocenters. The van der Waals surface area contributed by atoms with E-state index in [1.54, 1.807) is 0 Å². The van der Waals surface area contributed by atoms with Gasteiger partial charge in [0, 0.05) is 0 Å². The van der Waals surface area contributed by atoms with Gasteiger partial charge in [0.25, 0.3) is 0 Å². The Bertz CT molecular complexity index is 367. The average molecular weight is 476 g/mol. The van der Waals surface area contributed by atoms with Crippen LogP contribution in [-0.2, 0) is 16.5 Å². The van der Waals surface area contributed by atoms with Gasteiger partial charge < -0.3 is 0 Å². The van der Waals surface area contributed by atoms with Crippen molar-refractivity contribution in [3.8, 4) is 0 Å². The molecule has 1 heterocycles. The van der Waals surface area contributed by atoms with Crippen LogP contribution in [0.3, 0.4) is 0 Å². The third-order valence-electron chi connectivity index (χ3n) is 6.89. The Morgan fingerprint density at radius 2 is 0.871 bits per heavy atom. The SMILES string of the molecule is CCCCCCCCN1CN(CCCCCCCC)C[N+]([Cr])(CCCCCCCC)C1. The summed E-state index contributed by atoms with van der Waals surface area (Å²) in [6.07, 6.45) is 25.3. The first-order valence-corrected chi connectivity index (χ1v) is 14.7. The van der Waals surface area contributed by atoms with Gasteiger partial charge in [-0.3, -0.25) is 0 Å². The van der Waals surface area contributed by atoms with E-state index in [9.17, 15) is 0 Å². The van der Waals surface area contributed by atoms with E-state index in [0.29, 0.717) is 0 Å². The molecule has 0 radical (unpaired) electrons. The van der Waals surface area contributed by atoms with Crippen LogP contribution in [0.5, 0.6) is 0 Å². The summed E-state index contributed by atoms with van der Waals surface area (Å²) in [5.41, 5.74) is 0. The van der Waals surface area contributed by atoms with E-state index < -0.39 is 0 Å². The first-order valence-electron chi connectivity index (χ1n) is 14.1. The molecule has 0 aromatic rings. The van der Waals surface area contributed by atoms with Crippen molar-refractivity contribution < 1.29 is 20.0 Å². The molecule has 0 atom stereocenters. The normalized spacial score (nSPS) is 17.4. The van der Waals surface area contributed by atoms with E-state index in [-0.39, 0.29) is 0 Å². The molecule has 1 rings (SSSR count). The summed E-state index contributed by atoms with van der Waals surface area (Å²) < 4.78 is 1.12. The van der Waals surface area contributed by atoms with Gasteiger partial charge in [-0.2, -0.15) is 0 Å². The predicted octanol–water partition coefficient (Wildman–Crippen LogP) is 7.84. The minimum atomic E-state index is 1.12. The van der Waals surface area contributed by atoms with Crippen LogP contribution in [0, 0.1) is 0 Å². The van der Waals surface area contributed by atoms with Crippen molar-refractivity contribution in [2.24, 2.45) is 0 Å². The Hall–Kier alpha value is 0.412. The van der Waals surface area contributed by atoms with E-state index in [1.165, 1.54) is 155 Å². The second-order valence-corrected chi connectivity index (χ2v) is 11.5. The standard InChI is InChI=1S/C27H57N3.Cr/c1-4-7-10-13-16-19-22-28-25-29(23-20-17-14-11-8-5-2)27-30(26-28)24-21-18-15-12-9-6-3;/h4-27H2,1-3H3;/q;+1. The number of quaternary nitrogens is 1. The Morgan fingerprint density at radius 3 is 1.29 bits per heavy atom. The molecule has 31 heavy (non-hydrogen) atoms. The van der Waals surface area contributed by atoms with Gasteiger partial charge in [-0.05, 0) is 0 Å². The van der Waals surface area contributed by atoms with Crippen LogP contribution < -0.4 is 0 Å². The fourth-order valence-electron chi connectivity index (χ4n) is 4.98. The van der Waals surface area contributed by atoms with Crippen molar-refractivity contribution in [3.05, 3.63) is 0 Å². The van der Waals surface area contributed by atoms with Crippen molar-refractivity contribution in [2.75, 3.05) is 39.6 Å². The van der Waals surface area contributed by atoms with Crippen LogP contribution in [0.25, 0.3) is 0 Å². The molecule has 0 aromatic heterocycles. The molecule has 0 bridgehead atoms. The second-order valence-electron chi connectivity index (χ2n) is 10.3. The Labute approximate surface area is 205 Å². The fraction of sp³-hybridized carbons (Fsp3) is 1.00. The summed E-state index contributed by atoms with van der Waals surface area (Å²) in [5, 5.41) is 0. The zero-order valence-corrected chi connectivity index (χ0v) is 23.0. The van der Waals surface area contributed by atoms with Crippen LogP contribution in [-0.4, -0.2) is 52.9 Å². The fourth-order valence-corrected chi connectivity index (χ4v) is 5.69. The van der Waals surface area contributed by atoms with E-state index in [0.717, 1.165) is 3.47 Å². The molecular weight excluding hydrogens is 418 g/mol. The number of hydrogen-bond donors (Lipinski definition) is 0. The third kappa shape index (κ3) is 15.8. The number of nitrogens with zero attached hydrogens (tertiary/aromatic N) is 3. The zero-order valence-electron chi connectivity index (χ0n) is 21.7. The molecule has 0 amide bonds. The van der Waals surface area contributed by atoms with Gasteiger partial charge >= 0.3 is 206 Å². The molecule has 1 aliphatic heterocycles. The van der Waals surface area contributed by atoms with E-state index in [1.807, 2.05) is 0 Å². The molecular formula is C27H57CrN3+. The Balaban J connectivity index is 2.40. The van der Waals surface area contributed by atoms with Crippen molar-refractivity contribution >= 4 is 0 Å². The Morgan fingerprint density at radius 1 is 0.516 bits per heavy atom. The second kappa shape index (κ2) is 19.8. The van der Waals surface area contributed by atoms with Crippen molar-refractivity contribution in [1.29, 1.82) is 0 Å². The van der Waals surface area contributed by atoms with Crippen LogP contribution >= 0.6 is 0 Å². The molecule has 3 nitrogen and oxygen atoms in total. The summed E-state index contributed by atoms with van der Waals surface area (Å²) in [4.78, 5) is 5.52. The van der Waals surface area contributed by atoms with Crippen LogP contribution in [0.2, 0.25) is 0 Å². The quantitative estimate of drug-likeness (QED) is 0.156. The van der Waals surface area contributed by atoms with Crippen LogP contribution in [0.4, 0.5) is 0 Å². The molecule has 185 valence electrons. The zero-order chi connectivity index (χ0) is 22.6. The average Bonchev–Trinajstić information content (AvgIpc) is 2.75. The van der Waals surface area contributed by atoms with Crippen LogP contribution in [0.1, 0.15) is 136 Å². The van der Waals surface area contributed by atoms with Gasteiger partial charge in [0.1, 0.15) is 0 Å². The van der Waals surface area contributed by atoms with E-state index in [2.05, 4.69) is 47.1 Å². The van der Waals surface area contributed by atoms with Gasteiger partial charge in [0.2, 0.25) is 0 Å². The van der Waals surface area contributed by atoms with E-state index in [4.69, 9.17) is 0 Å². The first kappa shape index (κ1) is 29.4. The van der Waals surface area contributed by atoms with Crippen molar-refractivity contribution in [2.45, 2.75) is 136 Å². The van der Waals surface area contributed by atoms with E-state index >= 15 is 0 Å². The molecule has 0 N–H and O–H groups in total. The maximum atomic E-state index is 3.65. The molecule has 0 aliphatic carbocycles. The van der Waals surface area contributed by atoms with Gasteiger partial charge in [-0.25, -0.2) is 0 Å². The Kier molecular flexibility index (Phi) is 18.8. The van der Waals surface area contributed by atoms with Crippen LogP contribution in [0.15, 0.2) is 0 Å². The number of hydrogen-bond acceptors (Lipinski definition) is 2. The van der Waals surface area contributed by atoms with Gasteiger partial charge in [-0.15, -0.1) is 0 Å². The first-order chi connectivity index (χ1) is 15.1. The summed E-state index contributed by atoms with van der Waals surface area (Å²) in [7, 11) is 0. The minimum absolute atomic E-state index is 1.12. The summed E-state index contributed by atoms with van der Waals surface area (Å²) in [5.74, 6) is 0. The molecule has 4 heteroatoms. The molecule has 1 fully saturated rings. The number of rotatable bonds is 21. The number of unbranched alkanes of at least 4 members (excludes halogenated alkanes) is 15. The monoisotopic (exact) mass is 475 g/mol. The topological polar surface area (TPSA) is 6.48 Å². The molecule has 0 spiro atoms. The van der Waals surface area contributed by atoms with Crippen molar-refractivity contribution in [1.82, 2.24) is 9.80 Å². The molecule has 1 saturated heterocycles. The molecule has 1 aliphatic rings. The van der Waals surface area contributed by atoms with Gasteiger partial charge in [0.05, 0.1) is 0 Å². The van der Waals surface area contributed by atoms with Crippen molar-refractivity contribution in [3.63, 3.8) is 0 Å². The third-order valence-corrected chi connectivity index (χ3v) is 7.54. The van der Waals surface area contributed by atoms with Gasteiger partial charge in [0.15, 0.2) is 0 Å².